The highest BCUT2D eigenvalue weighted by molar-refractivity contribution is 7.89. The Balaban J connectivity index is 0.000000118. The SMILES string of the molecule is CC1CN(S(=O)(=O)c2ccc(-c3cccc(CC(=O)C4(c5ccc6c(c5)OCO6)CC4)n3)cc2)CC(C)O1.CCc1ccc(-c2cccc(CC(=O)C3(c4ccc5c(c4)OCO5)CC3)n2)cc1.O=C(Cc1ccc(-c2ccc(CO)cc2)cn1)C1(c2ccc3c(c2)OCO3)CC1.O=C(Cc1ccc(-c2cccnc2)cn1)C1(c2ccc3c(c2)OCO3)CC1.[HH]. The quantitative estimate of drug-likeness (QED) is 0.0588. The Morgan fingerprint density at radius 3 is 1.10 bits per heavy atom. The van der Waals surface area contributed by atoms with Crippen LogP contribution in [0.15, 0.2) is 248 Å². The van der Waals surface area contributed by atoms with Crippen molar-refractivity contribution >= 4 is 33.2 Å². The van der Waals surface area contributed by atoms with Gasteiger partial charge in [0.15, 0.2) is 46.0 Å². The summed E-state index contributed by atoms with van der Waals surface area (Å²) in [6.07, 6.45) is 15.9. The van der Waals surface area contributed by atoms with Crippen LogP contribution < -0.4 is 37.9 Å². The normalized spacial score (nSPS) is 17.9. The van der Waals surface area contributed by atoms with Crippen molar-refractivity contribution in [2.24, 2.45) is 0 Å². The lowest BCUT2D eigenvalue weighted by molar-refractivity contribution is -0.121. The molecule has 2 atom stereocenters. The van der Waals surface area contributed by atoms with E-state index in [2.05, 4.69) is 46.1 Å². The Hall–Kier alpha value is -12.8. The number of aliphatic hydroxyl groups is 1. The maximum Gasteiger partial charge on any atom is 0.243 e. The molecule has 7 aromatic carbocycles. The number of nitrogens with zero attached hydrogens (tertiary/aromatic N) is 6. The summed E-state index contributed by atoms with van der Waals surface area (Å²) in [6.45, 7) is 7.53. The molecule has 123 heavy (non-hydrogen) atoms. The predicted octanol–water partition coefficient (Wildman–Crippen LogP) is 16.8. The zero-order chi connectivity index (χ0) is 84.5. The van der Waals surface area contributed by atoms with Gasteiger partial charge in [-0.25, -0.2) is 8.42 Å². The lowest BCUT2D eigenvalue weighted by atomic mass is 9.88. The van der Waals surface area contributed by atoms with Crippen LogP contribution in [0.25, 0.3) is 44.8 Å². The van der Waals surface area contributed by atoms with E-state index in [0.29, 0.717) is 55.2 Å². The molecule has 1 N–H and O–H groups in total. The number of hydrogen-bond acceptors (Lipinski definition) is 21. The molecule has 0 spiro atoms. The second kappa shape index (κ2) is 34.3. The van der Waals surface area contributed by atoms with Crippen LogP contribution in [-0.4, -0.2) is 118 Å². The largest absolute Gasteiger partial charge is 0.454 e. The molecule has 5 aliphatic heterocycles. The molecule has 0 bridgehead atoms. The number of fused-ring (bicyclic) bond motifs is 4. The molecule has 2 unspecified atom stereocenters. The number of morpholine rings is 1. The molecular formula is C100H94N6O16S. The van der Waals surface area contributed by atoms with Crippen molar-refractivity contribution in [1.82, 2.24) is 29.2 Å². The molecule has 23 heteroatoms. The zero-order valence-electron chi connectivity index (χ0n) is 68.6. The third kappa shape index (κ3) is 17.3. The summed E-state index contributed by atoms with van der Waals surface area (Å²) in [5.41, 5.74) is 15.1. The number of ketones is 4. The van der Waals surface area contributed by atoms with Crippen molar-refractivity contribution in [3.63, 3.8) is 0 Å². The minimum atomic E-state index is -3.62. The molecule has 5 fully saturated rings. The maximum absolute atomic E-state index is 13.4. The third-order valence-electron chi connectivity index (χ3n) is 24.8. The number of aryl methyl sites for hydroxylation is 1. The first-order valence-electron chi connectivity index (χ1n) is 41.9. The van der Waals surface area contributed by atoms with Gasteiger partial charge >= 0.3 is 0 Å². The summed E-state index contributed by atoms with van der Waals surface area (Å²) in [4.78, 5) is 75.6. The van der Waals surface area contributed by atoms with Gasteiger partial charge in [0, 0.05) is 116 Å². The van der Waals surface area contributed by atoms with Crippen LogP contribution in [0.2, 0.25) is 0 Å². The minimum Gasteiger partial charge on any atom is -0.454 e. The monoisotopic (exact) mass is 1670 g/mol. The Morgan fingerprint density at radius 1 is 0.390 bits per heavy atom. The minimum absolute atomic E-state index is 0. The first-order valence-corrected chi connectivity index (χ1v) is 43.3. The van der Waals surface area contributed by atoms with E-state index in [0.717, 1.165) is 176 Å². The van der Waals surface area contributed by atoms with Crippen LogP contribution >= 0.6 is 0 Å². The van der Waals surface area contributed by atoms with Gasteiger partial charge in [0.05, 0.1) is 56.8 Å². The molecule has 626 valence electrons. The first-order chi connectivity index (χ1) is 59.8. The van der Waals surface area contributed by atoms with Crippen LogP contribution in [0, 0.1) is 0 Å². The number of Topliss-reactive ketones (excluding diaryl/α,β-unsaturated/α-hetero) is 4. The average molecular weight is 1670 g/mol. The van der Waals surface area contributed by atoms with E-state index < -0.39 is 31.7 Å². The fraction of sp³-hybridized carbons (Fsp3) is 0.290. The van der Waals surface area contributed by atoms with E-state index in [-0.39, 0.29) is 81.9 Å². The van der Waals surface area contributed by atoms with E-state index in [1.54, 1.807) is 49.1 Å². The van der Waals surface area contributed by atoms with E-state index in [1.165, 1.54) is 9.87 Å². The first kappa shape index (κ1) is 81.2. The number of aliphatic hydroxyl groups excluding tert-OH is 1. The molecular weight excluding hydrogens is 1570 g/mol. The summed E-state index contributed by atoms with van der Waals surface area (Å²) in [5, 5.41) is 9.16. The van der Waals surface area contributed by atoms with Gasteiger partial charge in [-0.1, -0.05) is 122 Å². The highest BCUT2D eigenvalue weighted by atomic mass is 32.2. The highest BCUT2D eigenvalue weighted by Crippen LogP contribution is 2.56. The maximum atomic E-state index is 13.4. The van der Waals surface area contributed by atoms with Gasteiger partial charge in [-0.3, -0.25) is 44.1 Å². The third-order valence-corrected chi connectivity index (χ3v) is 26.6. The molecule has 0 amide bonds. The predicted molar refractivity (Wildman–Crippen MR) is 461 cm³/mol. The van der Waals surface area contributed by atoms with Crippen LogP contribution in [0.3, 0.4) is 0 Å². The Labute approximate surface area is 715 Å². The van der Waals surface area contributed by atoms with Crippen molar-refractivity contribution in [2.45, 2.75) is 150 Å². The van der Waals surface area contributed by atoms with Crippen molar-refractivity contribution < 1.29 is 76.8 Å². The highest BCUT2D eigenvalue weighted by Gasteiger charge is 2.54. The molecule has 0 radical (unpaired) electrons. The van der Waals surface area contributed by atoms with E-state index in [1.807, 2.05) is 184 Å². The fourth-order valence-corrected chi connectivity index (χ4v) is 18.5. The molecule has 4 saturated carbocycles. The second-order valence-electron chi connectivity index (χ2n) is 32.9. The second-order valence-corrected chi connectivity index (χ2v) is 34.8. The van der Waals surface area contributed by atoms with E-state index in [9.17, 15) is 27.6 Å². The zero-order valence-corrected chi connectivity index (χ0v) is 69.4. The number of hydrogen-bond donors (Lipinski definition) is 1. The van der Waals surface area contributed by atoms with Crippen molar-refractivity contribution in [3.05, 3.63) is 299 Å². The smallest absolute Gasteiger partial charge is 0.243 e. The van der Waals surface area contributed by atoms with Crippen LogP contribution in [0.4, 0.5) is 0 Å². The van der Waals surface area contributed by atoms with Gasteiger partial charge in [-0.05, 0) is 214 Å². The van der Waals surface area contributed by atoms with E-state index >= 15 is 0 Å². The summed E-state index contributed by atoms with van der Waals surface area (Å²) in [5.74, 6) is 6.57. The standard InChI is InChI=1S/C29H30N2O6S.C25H23NO3.C24H21NO4.C22H18N2O3.H2/c1-19-16-31(17-20(2)37-19)38(33,34)24-9-6-21(7-10-24)25-5-3-4-23(30-25)15-28(32)29(12-13-29)22-8-11-26-27(14-22)36-18-35-26;1-2-17-6-8-18(9-7-17)21-5-3-4-20(26-21)15-24(27)25(12-13-25)19-10-11-22-23(14-19)29-16-28-22;26-14-16-1-3-17(4-2-16)18-5-7-20(25-13-18)12-23(27)24(9-10-24)19-6-8-21-22(11-19)29-15-28-21;25-21(11-18-5-3-16(13-24-18)15-2-1-9-23-12-15)22(7-8-22)17-4-6-19-20(10-17)27-14-26-19;/h3-11,14,19-20H,12-13,15-18H2,1-2H3;3-11,14H,2,12-13,15-16H2,1H3;1-8,11,13,26H,9-10,12,14-15H2;1-6,9-10,12-13H,7-8,11,14H2;1H. The lowest BCUT2D eigenvalue weighted by Crippen LogP contribution is -2.48. The van der Waals surface area contributed by atoms with Crippen molar-refractivity contribution in [1.29, 1.82) is 0 Å². The van der Waals surface area contributed by atoms with Gasteiger partial charge in [0.25, 0.3) is 0 Å². The Morgan fingerprint density at radius 2 is 0.740 bits per heavy atom. The van der Waals surface area contributed by atoms with Crippen molar-refractivity contribution in [2.75, 3.05) is 40.3 Å². The molecule has 10 heterocycles. The molecule has 9 aliphatic rings. The molecule has 5 aromatic heterocycles. The number of aromatic nitrogens is 5. The van der Waals surface area contributed by atoms with Crippen LogP contribution in [0.1, 0.15) is 130 Å². The Bertz CT molecular complexity index is 6080. The average Bonchev–Trinajstić information content (AvgIpc) is 1.61. The van der Waals surface area contributed by atoms with Gasteiger partial charge < -0.3 is 47.7 Å². The topological polar surface area (TPSA) is 273 Å². The lowest BCUT2D eigenvalue weighted by Gasteiger charge is -2.34. The van der Waals surface area contributed by atoms with Gasteiger partial charge in [0.1, 0.15) is 23.1 Å². The fourth-order valence-electron chi connectivity index (χ4n) is 16.9. The van der Waals surface area contributed by atoms with Crippen LogP contribution in [0.5, 0.6) is 46.0 Å². The van der Waals surface area contributed by atoms with Gasteiger partial charge in [-0.15, -0.1) is 0 Å². The van der Waals surface area contributed by atoms with Gasteiger partial charge in [0.2, 0.25) is 37.2 Å². The van der Waals surface area contributed by atoms with E-state index in [4.69, 9.17) is 57.7 Å². The number of benzene rings is 7. The molecule has 4 aliphatic carbocycles. The Kier molecular flexibility index (Phi) is 22.6. The summed E-state index contributed by atoms with van der Waals surface area (Å²) < 4.78 is 77.0. The number of carbonyl (C=O) groups is 4. The number of rotatable bonds is 24. The summed E-state index contributed by atoms with van der Waals surface area (Å²) in [6, 6.07) is 69.5. The van der Waals surface area contributed by atoms with Crippen LogP contribution in [-0.2, 0) is 94.3 Å². The number of sulfonamides is 1. The van der Waals surface area contributed by atoms with Gasteiger partial charge in [-0.2, -0.15) is 4.31 Å². The van der Waals surface area contributed by atoms with Crippen molar-refractivity contribution in [3.8, 4) is 90.8 Å². The number of ether oxygens (including phenoxy) is 9. The number of carbonyl (C=O) groups excluding carboxylic acids is 4. The molecule has 21 rings (SSSR count). The number of pyridine rings is 5. The molecule has 12 aromatic rings. The summed E-state index contributed by atoms with van der Waals surface area (Å²) in [7, 11) is -3.62. The summed E-state index contributed by atoms with van der Waals surface area (Å²) >= 11 is 0. The molecule has 22 nitrogen and oxygen atoms in total. The molecule has 1 saturated heterocycles.